The number of methoxy groups -OCH3 is 1. The summed E-state index contributed by atoms with van der Waals surface area (Å²) in [5, 5.41) is 9.64. The fraction of sp³-hybridized carbons (Fsp3) is 0.143. The highest BCUT2D eigenvalue weighted by molar-refractivity contribution is 5.78. The van der Waals surface area contributed by atoms with E-state index in [2.05, 4.69) is 11.1 Å². The molecular weight excluding hydrogens is 312 g/mol. The molecule has 0 saturated heterocycles. The Morgan fingerprint density at radius 2 is 1.76 bits per heavy atom. The third-order valence-corrected chi connectivity index (χ3v) is 3.83. The van der Waals surface area contributed by atoms with Crippen molar-refractivity contribution in [2.45, 2.75) is 6.92 Å². The van der Waals surface area contributed by atoms with Crippen LogP contribution in [0.5, 0.6) is 11.6 Å². The molecule has 0 N–H and O–H groups in total. The maximum atomic E-state index is 9.64. The molecule has 4 nitrogen and oxygen atoms in total. The minimum atomic E-state index is 0.351. The third kappa shape index (κ3) is 3.46. The summed E-state index contributed by atoms with van der Waals surface area (Å²) in [4.78, 5) is 4.56. The largest absolute Gasteiger partial charge is 0.497 e. The van der Waals surface area contributed by atoms with Gasteiger partial charge in [0.05, 0.1) is 19.4 Å². The van der Waals surface area contributed by atoms with Crippen LogP contribution in [0.2, 0.25) is 0 Å². The van der Waals surface area contributed by atoms with Crippen LogP contribution in [0.15, 0.2) is 60.7 Å². The number of benzene rings is 2. The van der Waals surface area contributed by atoms with Gasteiger partial charge in [0.15, 0.2) is 0 Å². The van der Waals surface area contributed by atoms with Gasteiger partial charge in [0.25, 0.3) is 0 Å². The fourth-order valence-electron chi connectivity index (χ4n) is 2.65. The van der Waals surface area contributed by atoms with Gasteiger partial charge in [-0.25, -0.2) is 4.98 Å². The van der Waals surface area contributed by atoms with Gasteiger partial charge in [0, 0.05) is 11.1 Å². The van der Waals surface area contributed by atoms with Crippen LogP contribution >= 0.6 is 0 Å². The number of ether oxygens (including phenoxy) is 2. The second kappa shape index (κ2) is 7.50. The van der Waals surface area contributed by atoms with Crippen LogP contribution in [0.4, 0.5) is 0 Å². The van der Waals surface area contributed by atoms with E-state index in [4.69, 9.17) is 9.47 Å². The van der Waals surface area contributed by atoms with Gasteiger partial charge in [-0.05, 0) is 30.7 Å². The lowest BCUT2D eigenvalue weighted by Crippen LogP contribution is -2.01. The predicted molar refractivity (Wildman–Crippen MR) is 97.5 cm³/mol. The van der Waals surface area contributed by atoms with Crippen molar-refractivity contribution in [3.63, 3.8) is 0 Å². The van der Waals surface area contributed by atoms with E-state index in [0.29, 0.717) is 18.1 Å². The Morgan fingerprint density at radius 1 is 1.00 bits per heavy atom. The quantitative estimate of drug-likeness (QED) is 0.681. The summed E-state index contributed by atoms with van der Waals surface area (Å²) < 4.78 is 10.9. The number of hydrogen-bond donors (Lipinski definition) is 0. The minimum Gasteiger partial charge on any atom is -0.497 e. The van der Waals surface area contributed by atoms with E-state index in [1.165, 1.54) is 0 Å². The first-order valence-electron chi connectivity index (χ1n) is 8.04. The zero-order chi connectivity index (χ0) is 17.6. The fourth-order valence-corrected chi connectivity index (χ4v) is 2.65. The molecule has 0 aliphatic rings. The number of rotatable bonds is 5. The summed E-state index contributed by atoms with van der Waals surface area (Å²) in [6.07, 6.45) is 0. The van der Waals surface area contributed by atoms with Gasteiger partial charge in [-0.2, -0.15) is 5.26 Å². The number of pyridine rings is 1. The highest BCUT2D eigenvalue weighted by Gasteiger charge is 2.16. The summed E-state index contributed by atoms with van der Waals surface area (Å²) in [6, 6.07) is 21.6. The molecule has 2 aromatic carbocycles. The Kier molecular flexibility index (Phi) is 4.96. The van der Waals surface area contributed by atoms with E-state index in [1.807, 2.05) is 67.6 Å². The number of hydrogen-bond acceptors (Lipinski definition) is 4. The average Bonchev–Trinajstić information content (AvgIpc) is 2.68. The average molecular weight is 330 g/mol. The molecule has 124 valence electrons. The molecule has 0 radical (unpaired) electrons. The normalized spacial score (nSPS) is 10.1. The van der Waals surface area contributed by atoms with E-state index >= 15 is 0 Å². The smallest absolute Gasteiger partial charge is 0.232 e. The number of nitriles is 1. The van der Waals surface area contributed by atoms with Crippen LogP contribution in [-0.2, 0) is 0 Å². The van der Waals surface area contributed by atoms with E-state index in [-0.39, 0.29) is 0 Å². The molecule has 1 heterocycles. The van der Waals surface area contributed by atoms with Crippen LogP contribution in [0.1, 0.15) is 12.5 Å². The molecule has 0 aliphatic carbocycles. The molecule has 25 heavy (non-hydrogen) atoms. The van der Waals surface area contributed by atoms with E-state index in [1.54, 1.807) is 7.11 Å². The molecule has 0 amide bonds. The van der Waals surface area contributed by atoms with Crippen molar-refractivity contribution in [3.05, 3.63) is 66.2 Å². The van der Waals surface area contributed by atoms with Gasteiger partial charge < -0.3 is 9.47 Å². The van der Waals surface area contributed by atoms with Gasteiger partial charge in [-0.15, -0.1) is 0 Å². The third-order valence-electron chi connectivity index (χ3n) is 3.83. The molecule has 0 bridgehead atoms. The van der Waals surface area contributed by atoms with Crippen LogP contribution < -0.4 is 9.47 Å². The molecule has 3 rings (SSSR count). The van der Waals surface area contributed by atoms with Crippen LogP contribution in [0.25, 0.3) is 22.4 Å². The first-order chi connectivity index (χ1) is 12.3. The molecule has 0 unspecified atom stereocenters. The highest BCUT2D eigenvalue weighted by Crippen LogP contribution is 2.34. The van der Waals surface area contributed by atoms with Crippen molar-refractivity contribution in [3.8, 4) is 40.1 Å². The maximum absolute atomic E-state index is 9.64. The van der Waals surface area contributed by atoms with Gasteiger partial charge >= 0.3 is 0 Å². The Labute approximate surface area is 147 Å². The molecule has 1 aromatic heterocycles. The summed E-state index contributed by atoms with van der Waals surface area (Å²) in [5.74, 6) is 1.10. The predicted octanol–water partition coefficient (Wildman–Crippen LogP) is 4.69. The highest BCUT2D eigenvalue weighted by atomic mass is 16.5. The van der Waals surface area contributed by atoms with E-state index in [9.17, 15) is 5.26 Å². The second-order valence-electron chi connectivity index (χ2n) is 5.38. The van der Waals surface area contributed by atoms with Crippen molar-refractivity contribution < 1.29 is 9.47 Å². The first-order valence-corrected chi connectivity index (χ1v) is 8.04. The summed E-state index contributed by atoms with van der Waals surface area (Å²) in [6.45, 7) is 2.32. The van der Waals surface area contributed by atoms with Crippen LogP contribution in [0.3, 0.4) is 0 Å². The number of aromatic nitrogens is 1. The van der Waals surface area contributed by atoms with Crippen LogP contribution in [-0.4, -0.2) is 18.7 Å². The molecule has 4 heteroatoms. The summed E-state index contributed by atoms with van der Waals surface area (Å²) in [7, 11) is 1.63. The molecular formula is C21H18N2O2. The van der Waals surface area contributed by atoms with Crippen molar-refractivity contribution in [2.75, 3.05) is 13.7 Å². The Bertz CT molecular complexity index is 915. The van der Waals surface area contributed by atoms with Gasteiger partial charge in [0.1, 0.15) is 17.4 Å². The van der Waals surface area contributed by atoms with Gasteiger partial charge in [-0.3, -0.25) is 0 Å². The van der Waals surface area contributed by atoms with Crippen molar-refractivity contribution >= 4 is 0 Å². The number of nitrogens with zero attached hydrogens (tertiary/aromatic N) is 2. The SMILES string of the molecule is CCOc1nc(-c2cccc(OC)c2)cc(-c2ccccc2)c1C#N. The topological polar surface area (TPSA) is 55.1 Å². The van der Waals surface area contributed by atoms with Crippen molar-refractivity contribution in [1.29, 1.82) is 5.26 Å². The van der Waals surface area contributed by atoms with E-state index in [0.717, 1.165) is 28.1 Å². The summed E-state index contributed by atoms with van der Waals surface area (Å²) in [5.41, 5.74) is 3.84. The zero-order valence-corrected chi connectivity index (χ0v) is 14.2. The second-order valence-corrected chi connectivity index (χ2v) is 5.38. The molecule has 0 atom stereocenters. The lowest BCUT2D eigenvalue weighted by Gasteiger charge is -2.13. The standard InChI is InChI=1S/C21H18N2O2/c1-3-25-21-19(14-22)18(15-8-5-4-6-9-15)13-20(23-21)16-10-7-11-17(12-16)24-2/h4-13H,3H2,1-2H3. The molecule has 0 fully saturated rings. The molecule has 3 aromatic rings. The molecule has 0 spiro atoms. The Hall–Kier alpha value is -3.32. The Morgan fingerprint density at radius 3 is 2.44 bits per heavy atom. The molecule has 0 aliphatic heterocycles. The first kappa shape index (κ1) is 16.5. The monoisotopic (exact) mass is 330 g/mol. The van der Waals surface area contributed by atoms with Crippen molar-refractivity contribution in [2.24, 2.45) is 0 Å². The lowest BCUT2D eigenvalue weighted by molar-refractivity contribution is 0.326. The summed E-state index contributed by atoms with van der Waals surface area (Å²) >= 11 is 0. The van der Waals surface area contributed by atoms with Crippen LogP contribution in [0, 0.1) is 11.3 Å². The van der Waals surface area contributed by atoms with Crippen molar-refractivity contribution in [1.82, 2.24) is 4.98 Å². The molecule has 0 saturated carbocycles. The Balaban J connectivity index is 2.23. The zero-order valence-electron chi connectivity index (χ0n) is 14.2. The van der Waals surface area contributed by atoms with E-state index < -0.39 is 0 Å². The maximum Gasteiger partial charge on any atom is 0.232 e. The van der Waals surface area contributed by atoms with Gasteiger partial charge in [0.2, 0.25) is 5.88 Å². The van der Waals surface area contributed by atoms with Gasteiger partial charge in [-0.1, -0.05) is 42.5 Å². The minimum absolute atomic E-state index is 0.351. The lowest BCUT2D eigenvalue weighted by atomic mass is 9.99.